The van der Waals surface area contributed by atoms with Crippen molar-refractivity contribution in [1.29, 1.82) is 0 Å². The lowest BCUT2D eigenvalue weighted by Crippen LogP contribution is -2.28. The molecule has 1 unspecified atom stereocenters. The third-order valence-corrected chi connectivity index (χ3v) is 5.00. The highest BCUT2D eigenvalue weighted by Gasteiger charge is 2.17. The fourth-order valence-corrected chi connectivity index (χ4v) is 3.34. The van der Waals surface area contributed by atoms with Crippen LogP contribution in [-0.4, -0.2) is 40.3 Å². The Balaban J connectivity index is 1.46. The molecule has 4 rings (SSSR count). The van der Waals surface area contributed by atoms with Gasteiger partial charge < -0.3 is 16.0 Å². The van der Waals surface area contributed by atoms with Crippen LogP contribution in [0.15, 0.2) is 79.0 Å². The van der Waals surface area contributed by atoms with E-state index in [0.29, 0.717) is 12.4 Å². The monoisotopic (exact) mass is 413 g/mol. The fourth-order valence-electron chi connectivity index (χ4n) is 3.34. The molecule has 0 bridgehead atoms. The van der Waals surface area contributed by atoms with Gasteiger partial charge in [-0.3, -0.25) is 5.10 Å². The number of aromatic nitrogens is 4. The Hall–Kier alpha value is -3.71. The molecule has 0 saturated heterocycles. The van der Waals surface area contributed by atoms with Gasteiger partial charge in [-0.15, -0.1) is 0 Å². The van der Waals surface area contributed by atoms with Gasteiger partial charge in [0.15, 0.2) is 5.82 Å². The topological polar surface area (TPSA) is 90.5 Å². The van der Waals surface area contributed by atoms with Gasteiger partial charge >= 0.3 is 0 Å². The zero-order valence-electron chi connectivity index (χ0n) is 17.5. The first kappa shape index (κ1) is 20.6. The number of anilines is 2. The number of H-pyrrole nitrogens is 1. The standard InChI is InChI=1S/C24H27N7/c1-25-22-16-19(13-15-27-22)23-29-24(31-30-23)21(28-20-10-6-3-7-11-20)17-26-14-12-18-8-4-2-5-9-18/h2-11,13,15-16,21,26,28H,12,14,17H2,1H3,(H,25,27)(H,29,30,31). The Morgan fingerprint density at radius 1 is 0.968 bits per heavy atom. The van der Waals surface area contributed by atoms with E-state index in [0.717, 1.165) is 35.9 Å². The van der Waals surface area contributed by atoms with Crippen LogP contribution in [0.4, 0.5) is 11.5 Å². The molecule has 0 radical (unpaired) electrons. The molecule has 1 atom stereocenters. The second-order valence-corrected chi connectivity index (χ2v) is 7.23. The molecule has 0 spiro atoms. The molecule has 2 heterocycles. The minimum Gasteiger partial charge on any atom is -0.374 e. The lowest BCUT2D eigenvalue weighted by atomic mass is 10.1. The minimum atomic E-state index is -0.0509. The van der Waals surface area contributed by atoms with E-state index in [2.05, 4.69) is 67.5 Å². The fraction of sp³-hybridized carbons (Fsp3) is 0.208. The molecule has 2 aromatic heterocycles. The van der Waals surface area contributed by atoms with Crippen LogP contribution in [0.1, 0.15) is 17.4 Å². The van der Waals surface area contributed by atoms with E-state index in [-0.39, 0.29) is 6.04 Å². The van der Waals surface area contributed by atoms with E-state index in [1.807, 2.05) is 43.4 Å². The second-order valence-electron chi connectivity index (χ2n) is 7.23. The molecule has 0 aliphatic heterocycles. The van der Waals surface area contributed by atoms with E-state index in [1.165, 1.54) is 5.56 Å². The van der Waals surface area contributed by atoms with Crippen LogP contribution in [0, 0.1) is 0 Å². The first-order valence-corrected chi connectivity index (χ1v) is 10.4. The average Bonchev–Trinajstić information content (AvgIpc) is 3.33. The SMILES string of the molecule is CNc1cc(-c2n[nH]c(C(CNCCc3ccccc3)Nc3ccccc3)n2)ccn1. The number of nitrogens with zero attached hydrogens (tertiary/aromatic N) is 3. The lowest BCUT2D eigenvalue weighted by Gasteiger charge is -2.18. The predicted octanol–water partition coefficient (Wildman–Crippen LogP) is 3.89. The smallest absolute Gasteiger partial charge is 0.181 e. The summed E-state index contributed by atoms with van der Waals surface area (Å²) in [6, 6.07) is 24.4. The maximum atomic E-state index is 4.76. The number of hydrogen-bond acceptors (Lipinski definition) is 6. The quantitative estimate of drug-likeness (QED) is 0.295. The molecule has 0 aliphatic rings. The van der Waals surface area contributed by atoms with Crippen LogP contribution in [0.5, 0.6) is 0 Å². The lowest BCUT2D eigenvalue weighted by molar-refractivity contribution is 0.603. The Bertz CT molecular complexity index is 1060. The van der Waals surface area contributed by atoms with E-state index in [4.69, 9.17) is 4.98 Å². The first-order chi connectivity index (χ1) is 15.3. The molecule has 4 aromatic rings. The zero-order chi connectivity index (χ0) is 21.3. The predicted molar refractivity (Wildman–Crippen MR) is 125 cm³/mol. The molecule has 7 nitrogen and oxygen atoms in total. The van der Waals surface area contributed by atoms with Crippen molar-refractivity contribution in [2.24, 2.45) is 0 Å². The number of nitrogens with one attached hydrogen (secondary N) is 4. The number of para-hydroxylation sites is 1. The van der Waals surface area contributed by atoms with Crippen molar-refractivity contribution in [1.82, 2.24) is 25.5 Å². The minimum absolute atomic E-state index is 0.0509. The molecule has 7 heteroatoms. The van der Waals surface area contributed by atoms with Crippen LogP contribution >= 0.6 is 0 Å². The molecule has 4 N–H and O–H groups in total. The van der Waals surface area contributed by atoms with Crippen LogP contribution in [0.2, 0.25) is 0 Å². The maximum absolute atomic E-state index is 4.76. The molecule has 0 fully saturated rings. The van der Waals surface area contributed by atoms with E-state index in [9.17, 15) is 0 Å². The van der Waals surface area contributed by atoms with Crippen molar-refractivity contribution in [2.75, 3.05) is 30.8 Å². The number of hydrogen-bond donors (Lipinski definition) is 4. The maximum Gasteiger partial charge on any atom is 0.181 e. The summed E-state index contributed by atoms with van der Waals surface area (Å²) in [4.78, 5) is 9.02. The van der Waals surface area contributed by atoms with Gasteiger partial charge in [-0.2, -0.15) is 5.10 Å². The highest BCUT2D eigenvalue weighted by Crippen LogP contribution is 2.21. The van der Waals surface area contributed by atoms with Crippen molar-refractivity contribution in [3.8, 4) is 11.4 Å². The van der Waals surface area contributed by atoms with Crippen molar-refractivity contribution >= 4 is 11.5 Å². The third kappa shape index (κ3) is 5.67. The molecular weight excluding hydrogens is 386 g/mol. The number of benzene rings is 2. The van der Waals surface area contributed by atoms with E-state index in [1.54, 1.807) is 6.20 Å². The number of rotatable bonds is 10. The van der Waals surface area contributed by atoms with E-state index < -0.39 is 0 Å². The van der Waals surface area contributed by atoms with Gasteiger partial charge in [0.2, 0.25) is 0 Å². The van der Waals surface area contributed by atoms with Crippen LogP contribution in [0.3, 0.4) is 0 Å². The van der Waals surface area contributed by atoms with Crippen molar-refractivity contribution in [3.63, 3.8) is 0 Å². The molecule has 2 aromatic carbocycles. The normalized spacial score (nSPS) is 11.8. The highest BCUT2D eigenvalue weighted by atomic mass is 15.2. The van der Waals surface area contributed by atoms with Crippen molar-refractivity contribution in [2.45, 2.75) is 12.5 Å². The average molecular weight is 414 g/mol. The molecule has 0 aliphatic carbocycles. The van der Waals surface area contributed by atoms with Crippen LogP contribution in [0.25, 0.3) is 11.4 Å². The molecular formula is C24H27N7. The van der Waals surface area contributed by atoms with Gasteiger partial charge in [0.05, 0.1) is 6.04 Å². The van der Waals surface area contributed by atoms with Gasteiger partial charge in [-0.25, -0.2) is 9.97 Å². The second kappa shape index (κ2) is 10.4. The summed E-state index contributed by atoms with van der Waals surface area (Å²) < 4.78 is 0. The number of aromatic amines is 1. The molecule has 0 amide bonds. The Morgan fingerprint density at radius 2 is 1.74 bits per heavy atom. The van der Waals surface area contributed by atoms with Crippen molar-refractivity contribution < 1.29 is 0 Å². The first-order valence-electron chi connectivity index (χ1n) is 10.4. The van der Waals surface area contributed by atoms with Crippen LogP contribution < -0.4 is 16.0 Å². The van der Waals surface area contributed by atoms with Crippen molar-refractivity contribution in [3.05, 3.63) is 90.4 Å². The summed E-state index contributed by atoms with van der Waals surface area (Å²) in [5.74, 6) is 2.22. The largest absolute Gasteiger partial charge is 0.374 e. The Morgan fingerprint density at radius 3 is 2.52 bits per heavy atom. The van der Waals surface area contributed by atoms with Gasteiger partial charge in [0.1, 0.15) is 11.6 Å². The summed E-state index contributed by atoms with van der Waals surface area (Å²) in [5, 5.41) is 17.7. The van der Waals surface area contributed by atoms with Gasteiger partial charge in [0, 0.05) is 31.0 Å². The zero-order valence-corrected chi connectivity index (χ0v) is 17.5. The highest BCUT2D eigenvalue weighted by molar-refractivity contribution is 5.59. The Kier molecular flexibility index (Phi) is 6.87. The third-order valence-electron chi connectivity index (χ3n) is 5.00. The summed E-state index contributed by atoms with van der Waals surface area (Å²) in [6.07, 6.45) is 2.73. The summed E-state index contributed by atoms with van der Waals surface area (Å²) >= 11 is 0. The van der Waals surface area contributed by atoms with Gasteiger partial charge in [-0.05, 0) is 42.8 Å². The molecule has 158 valence electrons. The summed E-state index contributed by atoms with van der Waals surface area (Å²) in [7, 11) is 1.84. The Labute approximate surface area is 182 Å². The van der Waals surface area contributed by atoms with Gasteiger partial charge in [0.25, 0.3) is 0 Å². The number of pyridine rings is 1. The van der Waals surface area contributed by atoms with Crippen LogP contribution in [-0.2, 0) is 6.42 Å². The van der Waals surface area contributed by atoms with E-state index >= 15 is 0 Å². The molecule has 31 heavy (non-hydrogen) atoms. The van der Waals surface area contributed by atoms with Gasteiger partial charge in [-0.1, -0.05) is 48.5 Å². The summed E-state index contributed by atoms with van der Waals surface area (Å²) in [6.45, 7) is 1.60. The summed E-state index contributed by atoms with van der Waals surface area (Å²) in [5.41, 5.74) is 3.27. The molecule has 0 saturated carbocycles.